The monoisotopic (exact) mass is 237 g/mol. The molecule has 0 spiro atoms. The van der Waals surface area contributed by atoms with Crippen molar-refractivity contribution >= 4 is 17.1 Å². The Morgan fingerprint density at radius 3 is 2.62 bits per heavy atom. The third-order valence-electron chi connectivity index (χ3n) is 3.64. The van der Waals surface area contributed by atoms with Gasteiger partial charge in [0.15, 0.2) is 5.78 Å². The lowest BCUT2D eigenvalue weighted by atomic mass is 9.81. The summed E-state index contributed by atoms with van der Waals surface area (Å²) in [5.41, 5.74) is 0. The fourth-order valence-corrected chi connectivity index (χ4v) is 3.44. The van der Waals surface area contributed by atoms with Crippen molar-refractivity contribution in [2.75, 3.05) is 0 Å². The number of nitrogens with zero attached hydrogens (tertiary/aromatic N) is 1. The van der Waals surface area contributed by atoms with Gasteiger partial charge in [0, 0.05) is 19.0 Å². The van der Waals surface area contributed by atoms with E-state index in [1.165, 1.54) is 37.1 Å². The third-order valence-corrected chi connectivity index (χ3v) is 4.90. The highest BCUT2D eigenvalue weighted by Gasteiger charge is 2.23. The lowest BCUT2D eigenvalue weighted by Crippen LogP contribution is -2.12. The van der Waals surface area contributed by atoms with Crippen LogP contribution in [0.15, 0.2) is 6.20 Å². The zero-order valence-electron chi connectivity index (χ0n) is 10.0. The van der Waals surface area contributed by atoms with Crippen LogP contribution in [0.1, 0.15) is 66.5 Å². The Bertz CT molecular complexity index is 364. The van der Waals surface area contributed by atoms with E-state index in [0.29, 0.717) is 5.92 Å². The van der Waals surface area contributed by atoms with Crippen LogP contribution < -0.4 is 0 Å². The van der Waals surface area contributed by atoms with Crippen LogP contribution in [-0.4, -0.2) is 10.8 Å². The van der Waals surface area contributed by atoms with Crippen LogP contribution in [0, 0.1) is 5.92 Å². The molecule has 1 aromatic heterocycles. The summed E-state index contributed by atoms with van der Waals surface area (Å²) in [6.07, 6.45) is 8.22. The van der Waals surface area contributed by atoms with E-state index in [0.717, 1.165) is 10.8 Å². The summed E-state index contributed by atoms with van der Waals surface area (Å²) in [5, 5.41) is 1.18. The minimum atomic E-state index is 0.144. The first-order chi connectivity index (χ1) is 7.70. The molecule has 0 amide bonds. The molecule has 1 heterocycles. The molecular weight excluding hydrogens is 218 g/mol. The molecule has 1 aliphatic carbocycles. The van der Waals surface area contributed by atoms with Gasteiger partial charge in [-0.3, -0.25) is 4.79 Å². The Labute approximate surface area is 101 Å². The lowest BCUT2D eigenvalue weighted by Gasteiger charge is -2.26. The zero-order valence-corrected chi connectivity index (χ0v) is 10.8. The summed E-state index contributed by atoms with van der Waals surface area (Å²) < 4.78 is 0. The summed E-state index contributed by atoms with van der Waals surface area (Å²) in [6, 6.07) is 0. The molecule has 0 unspecified atom stereocenters. The lowest BCUT2D eigenvalue weighted by molar-refractivity contribution is 0.102. The highest BCUT2D eigenvalue weighted by Crippen LogP contribution is 2.38. The summed E-state index contributed by atoms with van der Waals surface area (Å²) in [4.78, 5) is 16.4. The predicted molar refractivity (Wildman–Crippen MR) is 67.1 cm³/mol. The highest BCUT2D eigenvalue weighted by atomic mass is 32.1. The summed E-state index contributed by atoms with van der Waals surface area (Å²) >= 11 is 1.60. The van der Waals surface area contributed by atoms with E-state index in [9.17, 15) is 4.79 Å². The van der Waals surface area contributed by atoms with Gasteiger partial charge >= 0.3 is 0 Å². The molecule has 0 atom stereocenters. The van der Waals surface area contributed by atoms with Crippen molar-refractivity contribution in [3.63, 3.8) is 0 Å². The van der Waals surface area contributed by atoms with Crippen molar-refractivity contribution in [1.82, 2.24) is 4.98 Å². The first-order valence-electron chi connectivity index (χ1n) is 6.17. The second-order valence-corrected chi connectivity index (χ2v) is 5.81. The fourth-order valence-electron chi connectivity index (χ4n) is 2.46. The molecule has 0 saturated heterocycles. The van der Waals surface area contributed by atoms with Crippen LogP contribution in [0.2, 0.25) is 0 Å². The van der Waals surface area contributed by atoms with E-state index in [-0.39, 0.29) is 5.78 Å². The van der Waals surface area contributed by atoms with Crippen LogP contribution in [0.4, 0.5) is 0 Å². The largest absolute Gasteiger partial charge is 0.294 e. The van der Waals surface area contributed by atoms with Crippen molar-refractivity contribution in [3.05, 3.63) is 16.1 Å². The number of rotatable bonds is 3. The van der Waals surface area contributed by atoms with Gasteiger partial charge in [0.25, 0.3) is 0 Å². The number of carbonyl (C=O) groups is 1. The SMILES string of the molecule is CCC1CCC(c2ncc(C(C)=O)s2)CC1. The number of hydrogen-bond donors (Lipinski definition) is 0. The number of thiazole rings is 1. The van der Waals surface area contributed by atoms with Crippen molar-refractivity contribution < 1.29 is 4.79 Å². The van der Waals surface area contributed by atoms with E-state index in [1.807, 2.05) is 0 Å². The van der Waals surface area contributed by atoms with Gasteiger partial charge in [-0.1, -0.05) is 13.3 Å². The minimum Gasteiger partial charge on any atom is -0.294 e. The van der Waals surface area contributed by atoms with Crippen molar-refractivity contribution in [2.45, 2.75) is 51.9 Å². The highest BCUT2D eigenvalue weighted by molar-refractivity contribution is 7.13. The molecule has 2 rings (SSSR count). The van der Waals surface area contributed by atoms with Crippen LogP contribution in [0.5, 0.6) is 0 Å². The van der Waals surface area contributed by atoms with Gasteiger partial charge in [-0.05, 0) is 31.6 Å². The third kappa shape index (κ3) is 2.51. The Balaban J connectivity index is 2.00. The number of carbonyl (C=O) groups excluding carboxylic acids is 1. The first kappa shape index (κ1) is 11.8. The van der Waals surface area contributed by atoms with Gasteiger partial charge in [-0.15, -0.1) is 11.3 Å². The molecule has 88 valence electrons. The van der Waals surface area contributed by atoms with Gasteiger partial charge in [-0.2, -0.15) is 0 Å². The quantitative estimate of drug-likeness (QED) is 0.743. The summed E-state index contributed by atoms with van der Waals surface area (Å²) in [6.45, 7) is 3.90. The molecule has 1 aromatic rings. The van der Waals surface area contributed by atoms with Gasteiger partial charge in [0.1, 0.15) is 0 Å². The summed E-state index contributed by atoms with van der Waals surface area (Å²) in [7, 11) is 0. The molecule has 1 aliphatic rings. The maximum Gasteiger partial charge on any atom is 0.171 e. The van der Waals surface area contributed by atoms with Crippen LogP contribution in [-0.2, 0) is 0 Å². The second-order valence-electron chi connectivity index (χ2n) is 4.74. The standard InChI is InChI=1S/C13H19NOS/c1-3-10-4-6-11(7-5-10)13-14-8-12(16-13)9(2)15/h8,10-11H,3-7H2,1-2H3. The molecular formula is C13H19NOS. The number of Topliss-reactive ketones (excluding diaryl/α,β-unsaturated/α-hetero) is 1. The molecule has 0 radical (unpaired) electrons. The van der Waals surface area contributed by atoms with Gasteiger partial charge in [0.05, 0.1) is 9.88 Å². The first-order valence-corrected chi connectivity index (χ1v) is 6.99. The van der Waals surface area contributed by atoms with Crippen LogP contribution in [0.25, 0.3) is 0 Å². The Morgan fingerprint density at radius 2 is 2.12 bits per heavy atom. The van der Waals surface area contributed by atoms with E-state index in [1.54, 1.807) is 24.5 Å². The van der Waals surface area contributed by atoms with Crippen molar-refractivity contribution in [2.24, 2.45) is 5.92 Å². The zero-order chi connectivity index (χ0) is 11.5. The number of ketones is 1. The van der Waals surface area contributed by atoms with Gasteiger partial charge < -0.3 is 0 Å². The predicted octanol–water partition coefficient (Wildman–Crippen LogP) is 4.03. The minimum absolute atomic E-state index is 0.144. The molecule has 0 N–H and O–H groups in total. The normalized spacial score (nSPS) is 25.6. The summed E-state index contributed by atoms with van der Waals surface area (Å²) in [5.74, 6) is 1.68. The van der Waals surface area contributed by atoms with Crippen LogP contribution in [0.3, 0.4) is 0 Å². The number of hydrogen-bond acceptors (Lipinski definition) is 3. The molecule has 2 nitrogen and oxygen atoms in total. The molecule has 3 heteroatoms. The van der Waals surface area contributed by atoms with Gasteiger partial charge in [0.2, 0.25) is 0 Å². The average molecular weight is 237 g/mol. The van der Waals surface area contributed by atoms with Crippen molar-refractivity contribution in [3.8, 4) is 0 Å². The van der Waals surface area contributed by atoms with E-state index >= 15 is 0 Å². The molecule has 0 aliphatic heterocycles. The number of aromatic nitrogens is 1. The molecule has 1 fully saturated rings. The Morgan fingerprint density at radius 1 is 1.44 bits per heavy atom. The Hall–Kier alpha value is -0.700. The van der Waals surface area contributed by atoms with Crippen LogP contribution >= 0.6 is 11.3 Å². The molecule has 1 saturated carbocycles. The molecule has 0 bridgehead atoms. The topological polar surface area (TPSA) is 30.0 Å². The molecule has 0 aromatic carbocycles. The maximum atomic E-state index is 11.2. The average Bonchev–Trinajstić information content (AvgIpc) is 2.78. The fraction of sp³-hybridized carbons (Fsp3) is 0.692. The molecule has 16 heavy (non-hydrogen) atoms. The van der Waals surface area contributed by atoms with Crippen molar-refractivity contribution in [1.29, 1.82) is 0 Å². The Kier molecular flexibility index (Phi) is 3.74. The van der Waals surface area contributed by atoms with Gasteiger partial charge in [-0.25, -0.2) is 4.98 Å². The maximum absolute atomic E-state index is 11.2. The smallest absolute Gasteiger partial charge is 0.171 e. The van der Waals surface area contributed by atoms with E-state index in [2.05, 4.69) is 11.9 Å². The van der Waals surface area contributed by atoms with E-state index in [4.69, 9.17) is 0 Å². The second kappa shape index (κ2) is 5.09. The van der Waals surface area contributed by atoms with E-state index < -0.39 is 0 Å².